The van der Waals surface area contributed by atoms with Crippen molar-refractivity contribution in [2.24, 2.45) is 0 Å². The maximum Gasteiger partial charge on any atom is 0.0713 e. The molecule has 0 spiro atoms. The predicted molar refractivity (Wildman–Crippen MR) is 209 cm³/mol. The van der Waals surface area contributed by atoms with Gasteiger partial charge in [0.1, 0.15) is 0 Å². The van der Waals surface area contributed by atoms with Crippen molar-refractivity contribution in [2.45, 2.75) is 5.41 Å². The number of fused-ring (bicyclic) bond motifs is 7. The third-order valence-corrected chi connectivity index (χ3v) is 11.5. The minimum absolute atomic E-state index is 0.470. The van der Waals surface area contributed by atoms with Crippen LogP contribution in [0.4, 0.5) is 11.4 Å². The van der Waals surface area contributed by atoms with Gasteiger partial charge in [-0.15, -0.1) is 11.3 Å². The van der Waals surface area contributed by atoms with Crippen molar-refractivity contribution < 1.29 is 0 Å². The molecule has 1 aliphatic rings. The molecule has 1 aliphatic carbocycles. The molecule has 49 heavy (non-hydrogen) atoms. The van der Waals surface area contributed by atoms with Gasteiger partial charge in [0.25, 0.3) is 0 Å². The van der Waals surface area contributed by atoms with E-state index in [1.54, 1.807) is 0 Å². The summed E-state index contributed by atoms with van der Waals surface area (Å²) in [4.78, 5) is 0. The van der Waals surface area contributed by atoms with Gasteiger partial charge >= 0.3 is 0 Å². The molecule has 1 unspecified atom stereocenters. The highest BCUT2D eigenvalue weighted by Gasteiger charge is 2.46. The van der Waals surface area contributed by atoms with E-state index in [0.717, 1.165) is 11.4 Å². The monoisotopic (exact) mass is 641 g/mol. The van der Waals surface area contributed by atoms with Crippen LogP contribution >= 0.6 is 11.3 Å². The van der Waals surface area contributed by atoms with Crippen molar-refractivity contribution in [3.05, 3.63) is 204 Å². The number of benzene rings is 8. The molecule has 1 nitrogen and oxygen atoms in total. The first kappa shape index (κ1) is 28.1. The Morgan fingerprint density at radius 2 is 1.04 bits per heavy atom. The fourth-order valence-corrected chi connectivity index (χ4v) is 9.32. The molecule has 10 rings (SSSR count). The van der Waals surface area contributed by atoms with Crippen LogP contribution in [-0.4, -0.2) is 0 Å². The summed E-state index contributed by atoms with van der Waals surface area (Å²) in [5.41, 5.74) is 12.0. The molecule has 1 atom stereocenters. The van der Waals surface area contributed by atoms with Crippen molar-refractivity contribution >= 4 is 53.7 Å². The second kappa shape index (κ2) is 11.1. The minimum atomic E-state index is -0.470. The molecule has 8 aromatic carbocycles. The molecular weight excluding hydrogens is 611 g/mol. The Labute approximate surface area is 289 Å². The van der Waals surface area contributed by atoms with E-state index in [1.165, 1.54) is 75.5 Å². The summed E-state index contributed by atoms with van der Waals surface area (Å²) in [5, 5.41) is 8.87. The second-order valence-corrected chi connectivity index (χ2v) is 14.0. The number of hydrogen-bond donors (Lipinski definition) is 1. The van der Waals surface area contributed by atoms with Crippen LogP contribution < -0.4 is 5.32 Å². The van der Waals surface area contributed by atoms with Gasteiger partial charge in [-0.3, -0.25) is 0 Å². The molecule has 0 saturated carbocycles. The Hall–Kier alpha value is -5.96. The van der Waals surface area contributed by atoms with Crippen LogP contribution in [-0.2, 0) is 5.41 Å². The van der Waals surface area contributed by atoms with E-state index in [-0.39, 0.29) is 0 Å². The van der Waals surface area contributed by atoms with Gasteiger partial charge in [0.2, 0.25) is 0 Å². The Kier molecular flexibility index (Phi) is 6.34. The lowest BCUT2D eigenvalue weighted by Gasteiger charge is -2.34. The van der Waals surface area contributed by atoms with E-state index in [4.69, 9.17) is 0 Å². The standard InChI is InChI=1S/C47H31NS/c1-2-13-33(14-3-1)47(34-22-24-35(25-23-34)48-36-26-28-42-41-17-7-9-20-45(41)49-46(42)30-36)43-19-8-6-16-39(43)40-27-21-32(29-44(40)47)38-18-10-12-31-11-4-5-15-37(31)38/h1-30,48H. The maximum atomic E-state index is 3.70. The zero-order chi connectivity index (χ0) is 32.4. The van der Waals surface area contributed by atoms with Crippen LogP contribution in [0.5, 0.6) is 0 Å². The van der Waals surface area contributed by atoms with E-state index in [1.807, 2.05) is 11.3 Å². The molecule has 1 heterocycles. The highest BCUT2D eigenvalue weighted by molar-refractivity contribution is 7.25. The average Bonchev–Trinajstić information content (AvgIpc) is 3.68. The van der Waals surface area contributed by atoms with E-state index in [0.29, 0.717) is 0 Å². The zero-order valence-electron chi connectivity index (χ0n) is 26.7. The van der Waals surface area contributed by atoms with Gasteiger partial charge in [-0.05, 0) is 91.7 Å². The summed E-state index contributed by atoms with van der Waals surface area (Å²) in [7, 11) is 0. The van der Waals surface area contributed by atoms with Crippen LogP contribution in [0.15, 0.2) is 182 Å². The average molecular weight is 642 g/mol. The fraction of sp³-hybridized carbons (Fsp3) is 0.0213. The lowest BCUT2D eigenvalue weighted by Crippen LogP contribution is -2.28. The van der Waals surface area contributed by atoms with Crippen LogP contribution in [0.3, 0.4) is 0 Å². The van der Waals surface area contributed by atoms with Crippen LogP contribution in [0.1, 0.15) is 22.3 Å². The first-order valence-electron chi connectivity index (χ1n) is 16.8. The predicted octanol–water partition coefficient (Wildman–Crippen LogP) is 13.0. The Balaban J connectivity index is 1.13. The zero-order valence-corrected chi connectivity index (χ0v) is 27.5. The molecule has 0 aliphatic heterocycles. The van der Waals surface area contributed by atoms with Crippen molar-refractivity contribution in [1.29, 1.82) is 0 Å². The minimum Gasteiger partial charge on any atom is -0.355 e. The largest absolute Gasteiger partial charge is 0.355 e. The number of hydrogen-bond acceptors (Lipinski definition) is 2. The van der Waals surface area contributed by atoms with Gasteiger partial charge in [0.05, 0.1) is 5.41 Å². The number of anilines is 2. The highest BCUT2D eigenvalue weighted by Crippen LogP contribution is 2.57. The van der Waals surface area contributed by atoms with Crippen LogP contribution in [0.2, 0.25) is 0 Å². The van der Waals surface area contributed by atoms with Crippen molar-refractivity contribution in [3.8, 4) is 22.3 Å². The summed E-state index contributed by atoms with van der Waals surface area (Å²) < 4.78 is 2.62. The van der Waals surface area contributed by atoms with E-state index < -0.39 is 5.41 Å². The third kappa shape index (κ3) is 4.31. The van der Waals surface area contributed by atoms with Gasteiger partial charge in [-0.25, -0.2) is 0 Å². The summed E-state index contributed by atoms with van der Waals surface area (Å²) in [6.07, 6.45) is 0. The Morgan fingerprint density at radius 1 is 0.388 bits per heavy atom. The van der Waals surface area contributed by atoms with Gasteiger partial charge in [-0.2, -0.15) is 0 Å². The normalized spacial score (nSPS) is 15.0. The van der Waals surface area contributed by atoms with Crippen molar-refractivity contribution in [3.63, 3.8) is 0 Å². The number of rotatable bonds is 5. The molecule has 1 aromatic heterocycles. The summed E-state index contributed by atoms with van der Waals surface area (Å²) in [6.45, 7) is 0. The molecule has 1 N–H and O–H groups in total. The Bertz CT molecular complexity index is 2680. The van der Waals surface area contributed by atoms with Crippen molar-refractivity contribution in [1.82, 2.24) is 0 Å². The van der Waals surface area contributed by atoms with E-state index in [9.17, 15) is 0 Å². The summed E-state index contributed by atoms with van der Waals surface area (Å²) in [5.74, 6) is 0. The van der Waals surface area contributed by atoms with Crippen LogP contribution in [0.25, 0.3) is 53.2 Å². The Morgan fingerprint density at radius 3 is 1.94 bits per heavy atom. The molecule has 0 radical (unpaired) electrons. The molecule has 0 fully saturated rings. The first-order valence-corrected chi connectivity index (χ1v) is 17.7. The van der Waals surface area contributed by atoms with Crippen LogP contribution in [0, 0.1) is 0 Å². The highest BCUT2D eigenvalue weighted by atomic mass is 32.1. The number of nitrogens with one attached hydrogen (secondary N) is 1. The molecule has 230 valence electrons. The quantitative estimate of drug-likeness (QED) is 0.197. The lowest BCUT2D eigenvalue weighted by molar-refractivity contribution is 0.769. The van der Waals surface area contributed by atoms with Gasteiger partial charge in [0, 0.05) is 31.5 Å². The third-order valence-electron chi connectivity index (χ3n) is 10.3. The smallest absolute Gasteiger partial charge is 0.0713 e. The molecule has 9 aromatic rings. The summed E-state index contributed by atoms with van der Waals surface area (Å²) >= 11 is 1.85. The molecule has 0 saturated heterocycles. The molecule has 0 amide bonds. The molecular formula is C47H31NS. The molecule has 0 bridgehead atoms. The molecule has 2 heteroatoms. The SMILES string of the molecule is c1ccc(C2(c3ccc(Nc4ccc5c(c4)sc4ccccc45)cc3)c3ccccc3-c3ccc(-c4cccc5ccccc45)cc32)cc1. The van der Waals surface area contributed by atoms with Crippen molar-refractivity contribution in [2.75, 3.05) is 5.32 Å². The maximum absolute atomic E-state index is 3.70. The fourth-order valence-electron chi connectivity index (χ4n) is 8.17. The van der Waals surface area contributed by atoms with Gasteiger partial charge < -0.3 is 5.32 Å². The van der Waals surface area contributed by atoms with E-state index >= 15 is 0 Å². The topological polar surface area (TPSA) is 12.0 Å². The van der Waals surface area contributed by atoms with Gasteiger partial charge in [0.15, 0.2) is 0 Å². The van der Waals surface area contributed by atoms with Gasteiger partial charge in [-0.1, -0.05) is 146 Å². The first-order chi connectivity index (χ1) is 24.3. The lowest BCUT2D eigenvalue weighted by atomic mass is 9.67. The summed E-state index contributed by atoms with van der Waals surface area (Å²) in [6, 6.07) is 67.0. The van der Waals surface area contributed by atoms with E-state index in [2.05, 4.69) is 187 Å². The second-order valence-electron chi connectivity index (χ2n) is 13.0. The number of thiophene rings is 1.